The summed E-state index contributed by atoms with van der Waals surface area (Å²) in [4.78, 5) is 39.6. The Morgan fingerprint density at radius 2 is 1.68 bits per heavy atom. The molecule has 1 aromatic rings. The number of hydrogen-bond donors (Lipinski definition) is 1. The summed E-state index contributed by atoms with van der Waals surface area (Å²) in [6, 6.07) is 3.56. The van der Waals surface area contributed by atoms with Gasteiger partial charge in [-0.1, -0.05) is 32.1 Å². The van der Waals surface area contributed by atoms with Crippen molar-refractivity contribution in [2.24, 2.45) is 11.8 Å². The number of nitrogens with one attached hydrogen (secondary N) is 1. The number of likely N-dealkylation sites (tertiary alicyclic amines) is 1. The minimum absolute atomic E-state index is 0.0789. The van der Waals surface area contributed by atoms with E-state index in [0.29, 0.717) is 37.2 Å². The van der Waals surface area contributed by atoms with E-state index in [1.807, 2.05) is 12.2 Å². The summed E-state index contributed by atoms with van der Waals surface area (Å²) in [6.45, 7) is 7.46. The Kier molecular flexibility index (Phi) is 6.66. The molecule has 3 atom stereocenters. The Labute approximate surface area is 183 Å². The third-order valence-corrected chi connectivity index (χ3v) is 8.16. The van der Waals surface area contributed by atoms with E-state index in [-0.39, 0.29) is 16.7 Å². The van der Waals surface area contributed by atoms with Crippen molar-refractivity contribution in [1.82, 2.24) is 9.21 Å². The molecule has 0 unspecified atom stereocenters. The van der Waals surface area contributed by atoms with Crippen LogP contribution in [0.2, 0.25) is 0 Å². The number of fused-ring (bicyclic) bond motifs is 1. The molecule has 1 fully saturated rings. The van der Waals surface area contributed by atoms with Crippen LogP contribution in [0.25, 0.3) is 0 Å². The fourth-order valence-electron chi connectivity index (χ4n) is 4.17. The van der Waals surface area contributed by atoms with Crippen LogP contribution in [0.15, 0.2) is 35.2 Å². The number of aryl methyl sites for hydroxylation is 1. The molecule has 1 saturated heterocycles. The Balaban J connectivity index is 1.82. The first-order valence-electron chi connectivity index (χ1n) is 10.6. The van der Waals surface area contributed by atoms with Gasteiger partial charge in [0.1, 0.15) is 6.04 Å². The van der Waals surface area contributed by atoms with Crippen molar-refractivity contribution in [2.45, 2.75) is 51.5 Å². The van der Waals surface area contributed by atoms with E-state index in [4.69, 9.17) is 0 Å². The van der Waals surface area contributed by atoms with Gasteiger partial charge in [-0.2, -0.15) is 4.31 Å². The Bertz CT molecular complexity index is 1000. The van der Waals surface area contributed by atoms with E-state index in [2.05, 4.69) is 5.32 Å². The molecule has 1 N–H and O–H groups in total. The van der Waals surface area contributed by atoms with Crippen molar-refractivity contribution < 1.29 is 22.8 Å². The standard InChI is InChI=1S/C22H29N3O5S/c1-5-24(6-2)31(29,30)16-12-11-14(3)19(13-16)23-20(26)15(4)25-21(27)17-9-7-8-10-18(17)22(25)28/h7-8,11-13,15,17-18H,5-6,9-10H2,1-4H3,(H,23,26)/t15-,17-,18-/m0/s1. The van der Waals surface area contributed by atoms with Gasteiger partial charge in [0.2, 0.25) is 27.7 Å². The van der Waals surface area contributed by atoms with Crippen LogP contribution < -0.4 is 5.32 Å². The lowest BCUT2D eigenvalue weighted by molar-refractivity contribution is -0.146. The summed E-state index contributed by atoms with van der Waals surface area (Å²) in [5, 5.41) is 2.71. The third kappa shape index (κ3) is 4.16. The molecule has 3 rings (SSSR count). The third-order valence-electron chi connectivity index (χ3n) is 6.12. The van der Waals surface area contributed by atoms with Crippen molar-refractivity contribution in [3.63, 3.8) is 0 Å². The summed E-state index contributed by atoms with van der Waals surface area (Å²) in [5.74, 6) is -1.99. The first-order chi connectivity index (χ1) is 14.6. The highest BCUT2D eigenvalue weighted by molar-refractivity contribution is 7.89. The predicted octanol–water partition coefficient (Wildman–Crippen LogP) is 2.30. The van der Waals surface area contributed by atoms with Gasteiger partial charge in [0.25, 0.3) is 0 Å². The molecule has 0 saturated carbocycles. The molecule has 8 nitrogen and oxygen atoms in total. The largest absolute Gasteiger partial charge is 0.324 e. The fourth-order valence-corrected chi connectivity index (χ4v) is 5.66. The Hall–Kier alpha value is -2.52. The van der Waals surface area contributed by atoms with Gasteiger partial charge in [-0.15, -0.1) is 0 Å². The highest BCUT2D eigenvalue weighted by Crippen LogP contribution is 2.36. The number of allylic oxidation sites excluding steroid dienone is 2. The van der Waals surface area contributed by atoms with Gasteiger partial charge in [0.15, 0.2) is 0 Å². The molecule has 9 heteroatoms. The fraction of sp³-hybridized carbons (Fsp3) is 0.500. The molecule has 3 amide bonds. The second-order valence-corrected chi connectivity index (χ2v) is 9.87. The minimum Gasteiger partial charge on any atom is -0.324 e. The zero-order valence-electron chi connectivity index (χ0n) is 18.3. The minimum atomic E-state index is -3.69. The molecule has 1 heterocycles. The van der Waals surface area contributed by atoms with Crippen molar-refractivity contribution in [3.05, 3.63) is 35.9 Å². The number of benzene rings is 1. The van der Waals surface area contributed by atoms with Gasteiger partial charge in [0, 0.05) is 18.8 Å². The van der Waals surface area contributed by atoms with Gasteiger partial charge in [0.05, 0.1) is 16.7 Å². The molecule has 168 valence electrons. The summed E-state index contributed by atoms with van der Waals surface area (Å²) in [6.07, 6.45) is 4.80. The van der Waals surface area contributed by atoms with Crippen LogP contribution in [0.4, 0.5) is 5.69 Å². The zero-order chi connectivity index (χ0) is 22.9. The molecule has 0 bridgehead atoms. The van der Waals surface area contributed by atoms with Crippen molar-refractivity contribution in [1.29, 1.82) is 0 Å². The van der Waals surface area contributed by atoms with E-state index in [9.17, 15) is 22.8 Å². The number of rotatable bonds is 7. The molecule has 1 aliphatic carbocycles. The predicted molar refractivity (Wildman–Crippen MR) is 117 cm³/mol. The molecule has 1 aliphatic heterocycles. The van der Waals surface area contributed by atoms with Crippen LogP contribution in [0.3, 0.4) is 0 Å². The van der Waals surface area contributed by atoms with Gasteiger partial charge in [-0.25, -0.2) is 8.42 Å². The lowest BCUT2D eigenvalue weighted by Crippen LogP contribution is -2.46. The van der Waals surface area contributed by atoms with Gasteiger partial charge < -0.3 is 5.32 Å². The van der Waals surface area contributed by atoms with Crippen LogP contribution in [-0.4, -0.2) is 54.5 Å². The van der Waals surface area contributed by atoms with Crippen LogP contribution >= 0.6 is 0 Å². The SMILES string of the molecule is CCN(CC)S(=O)(=O)c1ccc(C)c(NC(=O)[C@H](C)N2C(=O)[C@H]3CC=CC[C@@H]3C2=O)c1. The van der Waals surface area contributed by atoms with Crippen molar-refractivity contribution >= 4 is 33.4 Å². The van der Waals surface area contributed by atoms with E-state index >= 15 is 0 Å². The summed E-state index contributed by atoms with van der Waals surface area (Å²) in [7, 11) is -3.69. The highest BCUT2D eigenvalue weighted by atomic mass is 32.2. The molecular weight excluding hydrogens is 418 g/mol. The molecule has 1 aromatic carbocycles. The molecule has 0 spiro atoms. The van der Waals surface area contributed by atoms with E-state index in [0.717, 1.165) is 4.90 Å². The molecule has 0 aromatic heterocycles. The number of hydrogen-bond acceptors (Lipinski definition) is 5. The summed E-state index contributed by atoms with van der Waals surface area (Å²) in [5.41, 5.74) is 1.01. The molecule has 31 heavy (non-hydrogen) atoms. The first-order valence-corrected chi connectivity index (χ1v) is 12.0. The maximum Gasteiger partial charge on any atom is 0.247 e. The number of carbonyl (C=O) groups excluding carboxylic acids is 3. The quantitative estimate of drug-likeness (QED) is 0.510. The van der Waals surface area contributed by atoms with E-state index in [1.165, 1.54) is 23.4 Å². The Morgan fingerprint density at radius 1 is 1.13 bits per heavy atom. The summed E-state index contributed by atoms with van der Waals surface area (Å²) >= 11 is 0. The van der Waals surface area contributed by atoms with Crippen LogP contribution in [0, 0.1) is 18.8 Å². The number of anilines is 1. The smallest absolute Gasteiger partial charge is 0.247 e. The van der Waals surface area contributed by atoms with Gasteiger partial charge >= 0.3 is 0 Å². The van der Waals surface area contributed by atoms with Gasteiger partial charge in [-0.3, -0.25) is 19.3 Å². The maximum absolute atomic E-state index is 12.9. The number of amides is 3. The topological polar surface area (TPSA) is 104 Å². The number of imide groups is 1. The highest BCUT2D eigenvalue weighted by Gasteiger charge is 2.50. The lowest BCUT2D eigenvalue weighted by atomic mass is 9.85. The lowest BCUT2D eigenvalue weighted by Gasteiger charge is -2.23. The number of carbonyl (C=O) groups is 3. The number of sulfonamides is 1. The first kappa shape index (κ1) is 23.1. The van der Waals surface area contributed by atoms with E-state index < -0.39 is 33.8 Å². The molecule has 0 radical (unpaired) electrons. The van der Waals surface area contributed by atoms with Gasteiger partial charge in [-0.05, 0) is 44.4 Å². The molecular formula is C22H29N3O5S. The summed E-state index contributed by atoms with van der Waals surface area (Å²) < 4.78 is 27.0. The van der Waals surface area contributed by atoms with Crippen molar-refractivity contribution in [2.75, 3.05) is 18.4 Å². The maximum atomic E-state index is 12.9. The Morgan fingerprint density at radius 3 is 2.19 bits per heavy atom. The average molecular weight is 448 g/mol. The second kappa shape index (κ2) is 8.92. The van der Waals surface area contributed by atoms with Crippen LogP contribution in [-0.2, 0) is 24.4 Å². The average Bonchev–Trinajstić information content (AvgIpc) is 3.00. The second-order valence-electron chi connectivity index (χ2n) is 7.93. The van der Waals surface area contributed by atoms with Crippen molar-refractivity contribution in [3.8, 4) is 0 Å². The van der Waals surface area contributed by atoms with Crippen LogP contribution in [0.5, 0.6) is 0 Å². The normalized spacial score (nSPS) is 22.0. The van der Waals surface area contributed by atoms with Crippen LogP contribution in [0.1, 0.15) is 39.2 Å². The monoisotopic (exact) mass is 447 g/mol. The molecule has 2 aliphatic rings. The zero-order valence-corrected chi connectivity index (χ0v) is 19.1. The number of nitrogens with zero attached hydrogens (tertiary/aromatic N) is 2. The van der Waals surface area contributed by atoms with E-state index in [1.54, 1.807) is 26.8 Å².